The number of hydroxylamine groups is 1. The van der Waals surface area contributed by atoms with E-state index >= 15 is 0 Å². The molecule has 1 aromatic heterocycles. The van der Waals surface area contributed by atoms with Gasteiger partial charge in [-0.3, -0.25) is 10.2 Å². The number of carbonyl (C=O) groups is 1. The van der Waals surface area contributed by atoms with E-state index < -0.39 is 6.03 Å². The Morgan fingerprint density at radius 3 is 3.17 bits per heavy atom. The number of furan rings is 1. The average molecular weight is 170 g/mol. The number of hydrogen-bond donors (Lipinski definition) is 2. The fourth-order valence-electron chi connectivity index (χ4n) is 0.625. The lowest BCUT2D eigenvalue weighted by Crippen LogP contribution is -2.28. The maximum Gasteiger partial charge on any atom is 0.345 e. The number of amides is 2. The van der Waals surface area contributed by atoms with Crippen LogP contribution in [0.4, 0.5) is 10.7 Å². The van der Waals surface area contributed by atoms with E-state index in [1.807, 2.05) is 0 Å². The Kier molecular flexibility index (Phi) is 3.16. The van der Waals surface area contributed by atoms with Crippen molar-refractivity contribution in [2.75, 3.05) is 11.9 Å². The van der Waals surface area contributed by atoms with Gasteiger partial charge in [-0.1, -0.05) is 0 Å². The summed E-state index contributed by atoms with van der Waals surface area (Å²) < 4.78 is 4.86. The predicted octanol–water partition coefficient (Wildman–Crippen LogP) is 1.35. The van der Waals surface area contributed by atoms with Crippen LogP contribution in [0.5, 0.6) is 0 Å². The van der Waals surface area contributed by atoms with E-state index in [-0.39, 0.29) is 0 Å². The van der Waals surface area contributed by atoms with Gasteiger partial charge in [0.25, 0.3) is 0 Å². The van der Waals surface area contributed by atoms with Gasteiger partial charge in [-0.25, -0.2) is 10.3 Å². The van der Waals surface area contributed by atoms with E-state index in [4.69, 9.17) is 4.42 Å². The van der Waals surface area contributed by atoms with E-state index in [9.17, 15) is 4.79 Å². The Balaban J connectivity index is 2.27. The van der Waals surface area contributed by atoms with Gasteiger partial charge in [-0.05, 0) is 13.0 Å². The van der Waals surface area contributed by atoms with Crippen LogP contribution >= 0.6 is 0 Å². The molecule has 0 atom stereocenters. The molecule has 1 aromatic rings. The zero-order valence-electron chi connectivity index (χ0n) is 6.66. The molecule has 1 rings (SSSR count). The number of urea groups is 1. The quantitative estimate of drug-likeness (QED) is 0.673. The number of rotatable bonds is 3. The van der Waals surface area contributed by atoms with Crippen LogP contribution < -0.4 is 10.8 Å². The SMILES string of the molecule is CCONC(=O)Nc1ccco1. The van der Waals surface area contributed by atoms with Crippen LogP contribution in [0.3, 0.4) is 0 Å². The maximum atomic E-state index is 10.9. The first-order valence-electron chi connectivity index (χ1n) is 3.55. The van der Waals surface area contributed by atoms with E-state index in [0.717, 1.165) is 0 Å². The van der Waals surface area contributed by atoms with Crippen LogP contribution in [0, 0.1) is 0 Å². The zero-order chi connectivity index (χ0) is 8.81. The molecule has 66 valence electrons. The van der Waals surface area contributed by atoms with Crippen molar-refractivity contribution in [2.45, 2.75) is 6.92 Å². The lowest BCUT2D eigenvalue weighted by molar-refractivity contribution is 0.0757. The highest BCUT2D eigenvalue weighted by molar-refractivity contribution is 5.86. The highest BCUT2D eigenvalue weighted by Crippen LogP contribution is 2.05. The summed E-state index contributed by atoms with van der Waals surface area (Å²) in [5, 5.41) is 2.42. The molecule has 2 amide bonds. The van der Waals surface area contributed by atoms with Gasteiger partial charge in [0.1, 0.15) is 0 Å². The van der Waals surface area contributed by atoms with Gasteiger partial charge < -0.3 is 4.42 Å². The Morgan fingerprint density at radius 2 is 2.58 bits per heavy atom. The summed E-state index contributed by atoms with van der Waals surface area (Å²) in [6, 6.07) is 2.86. The van der Waals surface area contributed by atoms with Crippen molar-refractivity contribution in [1.82, 2.24) is 5.48 Å². The Hall–Kier alpha value is -1.49. The standard InChI is InChI=1S/C7H10N2O3/c1-2-12-9-7(10)8-6-4-3-5-11-6/h3-5H,2H2,1H3,(H2,8,9,10). The minimum absolute atomic E-state index is 0.382. The number of nitrogens with one attached hydrogen (secondary N) is 2. The average Bonchev–Trinajstić information content (AvgIpc) is 2.53. The van der Waals surface area contributed by atoms with Crippen molar-refractivity contribution in [3.05, 3.63) is 18.4 Å². The molecular formula is C7H10N2O3. The zero-order valence-corrected chi connectivity index (χ0v) is 6.66. The summed E-state index contributed by atoms with van der Waals surface area (Å²) in [4.78, 5) is 15.5. The van der Waals surface area contributed by atoms with Gasteiger partial charge in [0, 0.05) is 6.07 Å². The van der Waals surface area contributed by atoms with Crippen molar-refractivity contribution in [3.63, 3.8) is 0 Å². The second-order valence-electron chi connectivity index (χ2n) is 1.97. The fraction of sp³-hybridized carbons (Fsp3) is 0.286. The molecule has 0 bridgehead atoms. The van der Waals surface area contributed by atoms with E-state index in [2.05, 4.69) is 15.6 Å². The smallest absolute Gasteiger partial charge is 0.345 e. The Morgan fingerprint density at radius 1 is 1.75 bits per heavy atom. The molecular weight excluding hydrogens is 160 g/mol. The van der Waals surface area contributed by atoms with Gasteiger partial charge in [0.2, 0.25) is 5.88 Å². The summed E-state index contributed by atoms with van der Waals surface area (Å²) in [7, 11) is 0. The van der Waals surface area contributed by atoms with Crippen LogP contribution in [-0.2, 0) is 4.84 Å². The van der Waals surface area contributed by atoms with Crippen LogP contribution in [-0.4, -0.2) is 12.6 Å². The Labute approximate surface area is 69.6 Å². The molecule has 1 heterocycles. The number of carbonyl (C=O) groups excluding carboxylic acids is 1. The molecule has 2 N–H and O–H groups in total. The van der Waals surface area contributed by atoms with Gasteiger partial charge in [-0.2, -0.15) is 0 Å². The molecule has 0 unspecified atom stereocenters. The lowest BCUT2D eigenvalue weighted by atomic mass is 10.6. The second-order valence-corrected chi connectivity index (χ2v) is 1.97. The molecule has 5 nitrogen and oxygen atoms in total. The van der Waals surface area contributed by atoms with Crippen molar-refractivity contribution in [3.8, 4) is 0 Å². The Bertz CT molecular complexity index is 233. The highest BCUT2D eigenvalue weighted by atomic mass is 16.7. The predicted molar refractivity (Wildman–Crippen MR) is 42.5 cm³/mol. The van der Waals surface area contributed by atoms with E-state index in [1.165, 1.54) is 6.26 Å². The summed E-state index contributed by atoms with van der Waals surface area (Å²) in [6.07, 6.45) is 1.47. The molecule has 0 aliphatic rings. The third kappa shape index (κ3) is 2.63. The van der Waals surface area contributed by atoms with Crippen molar-refractivity contribution in [2.24, 2.45) is 0 Å². The molecule has 0 aromatic carbocycles. The summed E-state index contributed by atoms with van der Waals surface area (Å²) in [5.74, 6) is 0.382. The van der Waals surface area contributed by atoms with Gasteiger partial charge in [0.05, 0.1) is 12.9 Å². The number of hydrogen-bond acceptors (Lipinski definition) is 3. The summed E-state index contributed by atoms with van der Waals surface area (Å²) in [6.45, 7) is 2.19. The van der Waals surface area contributed by atoms with E-state index in [0.29, 0.717) is 12.5 Å². The van der Waals surface area contributed by atoms with Crippen LogP contribution in [0.2, 0.25) is 0 Å². The van der Waals surface area contributed by atoms with E-state index in [1.54, 1.807) is 19.1 Å². The molecule has 0 aliphatic heterocycles. The molecule has 0 radical (unpaired) electrons. The maximum absolute atomic E-state index is 10.9. The van der Waals surface area contributed by atoms with Gasteiger partial charge in [0.15, 0.2) is 0 Å². The van der Waals surface area contributed by atoms with Crippen molar-refractivity contribution < 1.29 is 14.0 Å². The molecule has 0 saturated carbocycles. The number of anilines is 1. The molecule has 0 aliphatic carbocycles. The van der Waals surface area contributed by atoms with Crippen LogP contribution in [0.1, 0.15) is 6.92 Å². The summed E-state index contributed by atoms with van der Waals surface area (Å²) >= 11 is 0. The first kappa shape index (κ1) is 8.61. The molecule has 0 fully saturated rings. The monoisotopic (exact) mass is 170 g/mol. The van der Waals surface area contributed by atoms with Gasteiger partial charge >= 0.3 is 6.03 Å². The first-order valence-corrected chi connectivity index (χ1v) is 3.55. The normalized spacial score (nSPS) is 9.42. The lowest BCUT2D eigenvalue weighted by Gasteiger charge is -2.02. The summed E-state index contributed by atoms with van der Waals surface area (Å²) in [5.41, 5.74) is 2.16. The third-order valence-corrected chi connectivity index (χ3v) is 1.07. The first-order chi connectivity index (χ1) is 5.83. The van der Waals surface area contributed by atoms with Crippen molar-refractivity contribution >= 4 is 11.9 Å². The molecule has 0 saturated heterocycles. The molecule has 5 heteroatoms. The molecule has 12 heavy (non-hydrogen) atoms. The fourth-order valence-corrected chi connectivity index (χ4v) is 0.625. The second kappa shape index (κ2) is 4.40. The largest absolute Gasteiger partial charge is 0.449 e. The topological polar surface area (TPSA) is 63.5 Å². The minimum atomic E-state index is -0.452. The van der Waals surface area contributed by atoms with Crippen LogP contribution in [0.25, 0.3) is 0 Å². The molecule has 0 spiro atoms. The van der Waals surface area contributed by atoms with Gasteiger partial charge in [-0.15, -0.1) is 0 Å². The third-order valence-electron chi connectivity index (χ3n) is 1.07. The minimum Gasteiger partial charge on any atom is -0.449 e. The van der Waals surface area contributed by atoms with Crippen molar-refractivity contribution in [1.29, 1.82) is 0 Å². The highest BCUT2D eigenvalue weighted by Gasteiger charge is 2.01. The van der Waals surface area contributed by atoms with Crippen LogP contribution in [0.15, 0.2) is 22.8 Å².